The predicted octanol–water partition coefficient (Wildman–Crippen LogP) is 1.31. The maximum Gasteiger partial charge on any atom is 0.278 e. The molecule has 2 aromatic heterocycles. The zero-order valence-corrected chi connectivity index (χ0v) is 12.1. The SMILES string of the molecule is CN(C(=O)c1c2c(nn1C)CCCC2)c1nccn1C. The molecular weight excluding hydrogens is 254 g/mol. The molecule has 6 heteroatoms. The summed E-state index contributed by atoms with van der Waals surface area (Å²) >= 11 is 0. The average molecular weight is 273 g/mol. The number of hydrogen-bond donors (Lipinski definition) is 0. The van der Waals surface area contributed by atoms with Gasteiger partial charge < -0.3 is 4.57 Å². The van der Waals surface area contributed by atoms with E-state index in [0.717, 1.165) is 36.9 Å². The first-order valence-corrected chi connectivity index (χ1v) is 6.89. The monoisotopic (exact) mass is 273 g/mol. The first kappa shape index (κ1) is 12.9. The van der Waals surface area contributed by atoms with E-state index in [2.05, 4.69) is 10.1 Å². The van der Waals surface area contributed by atoms with E-state index in [9.17, 15) is 4.79 Å². The first-order chi connectivity index (χ1) is 9.59. The summed E-state index contributed by atoms with van der Waals surface area (Å²) in [4.78, 5) is 18.6. The van der Waals surface area contributed by atoms with Gasteiger partial charge in [0.05, 0.1) is 5.69 Å². The van der Waals surface area contributed by atoms with E-state index in [-0.39, 0.29) is 5.91 Å². The molecule has 1 aliphatic rings. The molecule has 106 valence electrons. The molecule has 2 heterocycles. The Balaban J connectivity index is 1.99. The highest BCUT2D eigenvalue weighted by molar-refractivity contribution is 6.04. The zero-order chi connectivity index (χ0) is 14.3. The smallest absolute Gasteiger partial charge is 0.278 e. The van der Waals surface area contributed by atoms with Gasteiger partial charge in [0, 0.05) is 39.1 Å². The van der Waals surface area contributed by atoms with Gasteiger partial charge in [-0.25, -0.2) is 4.98 Å². The van der Waals surface area contributed by atoms with E-state index in [1.165, 1.54) is 0 Å². The van der Waals surface area contributed by atoms with Gasteiger partial charge in [0.1, 0.15) is 5.69 Å². The van der Waals surface area contributed by atoms with Crippen molar-refractivity contribution in [2.45, 2.75) is 25.7 Å². The van der Waals surface area contributed by atoms with Crippen molar-refractivity contribution in [1.29, 1.82) is 0 Å². The second-order valence-electron chi connectivity index (χ2n) is 5.31. The second-order valence-corrected chi connectivity index (χ2v) is 5.31. The van der Waals surface area contributed by atoms with Crippen molar-refractivity contribution >= 4 is 11.9 Å². The highest BCUT2D eigenvalue weighted by atomic mass is 16.2. The first-order valence-electron chi connectivity index (χ1n) is 6.89. The summed E-state index contributed by atoms with van der Waals surface area (Å²) in [7, 11) is 5.48. The van der Waals surface area contributed by atoms with Crippen LogP contribution in [0, 0.1) is 0 Å². The maximum atomic E-state index is 12.8. The Morgan fingerprint density at radius 2 is 2.05 bits per heavy atom. The lowest BCUT2D eigenvalue weighted by atomic mass is 9.95. The van der Waals surface area contributed by atoms with Gasteiger partial charge in [-0.2, -0.15) is 5.10 Å². The second kappa shape index (κ2) is 4.77. The van der Waals surface area contributed by atoms with Crippen molar-refractivity contribution in [3.63, 3.8) is 0 Å². The number of aryl methyl sites for hydroxylation is 3. The molecule has 0 spiro atoms. The van der Waals surface area contributed by atoms with Crippen LogP contribution in [0.1, 0.15) is 34.6 Å². The Hall–Kier alpha value is -2.11. The molecule has 0 N–H and O–H groups in total. The van der Waals surface area contributed by atoms with Crippen molar-refractivity contribution in [1.82, 2.24) is 19.3 Å². The Morgan fingerprint density at radius 3 is 2.75 bits per heavy atom. The molecule has 0 aliphatic heterocycles. The Kier molecular flexibility index (Phi) is 3.08. The number of hydrogen-bond acceptors (Lipinski definition) is 3. The van der Waals surface area contributed by atoms with Crippen LogP contribution in [0.4, 0.5) is 5.95 Å². The minimum Gasteiger partial charge on any atom is -0.320 e. The minimum atomic E-state index is -0.0440. The van der Waals surface area contributed by atoms with Crippen LogP contribution in [0.5, 0.6) is 0 Å². The molecule has 6 nitrogen and oxygen atoms in total. The standard InChI is InChI=1S/C14H19N5O/c1-17-9-8-15-14(17)18(2)13(20)12-10-6-4-5-7-11(10)16-19(12)3/h8-9H,4-7H2,1-3H3. The van der Waals surface area contributed by atoms with E-state index >= 15 is 0 Å². The molecule has 20 heavy (non-hydrogen) atoms. The van der Waals surface area contributed by atoms with Crippen molar-refractivity contribution in [3.05, 3.63) is 29.3 Å². The molecule has 0 saturated carbocycles. The fourth-order valence-corrected chi connectivity index (χ4v) is 2.88. The number of carbonyl (C=O) groups excluding carboxylic acids is 1. The number of amides is 1. The quantitative estimate of drug-likeness (QED) is 0.829. The van der Waals surface area contributed by atoms with Crippen molar-refractivity contribution in [2.75, 3.05) is 11.9 Å². The largest absolute Gasteiger partial charge is 0.320 e. The number of fused-ring (bicyclic) bond motifs is 1. The van der Waals surface area contributed by atoms with Crippen molar-refractivity contribution in [2.24, 2.45) is 14.1 Å². The molecule has 3 rings (SSSR count). The van der Waals surface area contributed by atoms with Gasteiger partial charge in [-0.15, -0.1) is 0 Å². The molecule has 0 aromatic carbocycles. The summed E-state index contributed by atoms with van der Waals surface area (Å²) in [6.07, 6.45) is 7.73. The van der Waals surface area contributed by atoms with Gasteiger partial charge in [0.25, 0.3) is 5.91 Å². The Morgan fingerprint density at radius 1 is 1.30 bits per heavy atom. The summed E-state index contributed by atoms with van der Waals surface area (Å²) in [5.41, 5.74) is 2.89. The van der Waals surface area contributed by atoms with Crippen LogP contribution in [0.25, 0.3) is 0 Å². The topological polar surface area (TPSA) is 56.0 Å². The summed E-state index contributed by atoms with van der Waals surface area (Å²) in [6.45, 7) is 0. The number of imidazole rings is 1. The van der Waals surface area contributed by atoms with Crippen LogP contribution in [-0.2, 0) is 26.9 Å². The fourth-order valence-electron chi connectivity index (χ4n) is 2.88. The predicted molar refractivity (Wildman–Crippen MR) is 75.8 cm³/mol. The molecule has 0 saturated heterocycles. The third kappa shape index (κ3) is 1.92. The summed E-state index contributed by atoms with van der Waals surface area (Å²) in [5.74, 6) is 0.596. The molecule has 0 radical (unpaired) electrons. The van der Waals surface area contributed by atoms with Crippen LogP contribution in [0.3, 0.4) is 0 Å². The molecule has 0 atom stereocenters. The molecule has 2 aromatic rings. The van der Waals surface area contributed by atoms with Gasteiger partial charge in [0.2, 0.25) is 5.95 Å². The van der Waals surface area contributed by atoms with E-state index in [1.54, 1.807) is 22.8 Å². The zero-order valence-electron chi connectivity index (χ0n) is 12.1. The number of carbonyl (C=O) groups is 1. The van der Waals surface area contributed by atoms with E-state index in [1.807, 2.05) is 24.9 Å². The van der Waals surface area contributed by atoms with Gasteiger partial charge in [-0.05, 0) is 25.7 Å². The summed E-state index contributed by atoms with van der Waals surface area (Å²) in [6, 6.07) is 0. The van der Waals surface area contributed by atoms with E-state index in [0.29, 0.717) is 11.6 Å². The Labute approximate surface area is 118 Å². The summed E-state index contributed by atoms with van der Waals surface area (Å²) < 4.78 is 3.55. The van der Waals surface area contributed by atoms with Gasteiger partial charge >= 0.3 is 0 Å². The molecule has 0 unspecified atom stereocenters. The Bertz CT molecular complexity index is 655. The normalized spacial score (nSPS) is 14.2. The lowest BCUT2D eigenvalue weighted by molar-refractivity contribution is 0.0981. The highest BCUT2D eigenvalue weighted by Gasteiger charge is 2.27. The number of aromatic nitrogens is 4. The lowest BCUT2D eigenvalue weighted by Crippen LogP contribution is -2.31. The number of anilines is 1. The fraction of sp³-hybridized carbons (Fsp3) is 0.500. The van der Waals surface area contributed by atoms with E-state index < -0.39 is 0 Å². The van der Waals surface area contributed by atoms with Gasteiger partial charge in [-0.1, -0.05) is 0 Å². The highest BCUT2D eigenvalue weighted by Crippen LogP contribution is 2.25. The molecule has 1 aliphatic carbocycles. The molecule has 1 amide bonds. The van der Waals surface area contributed by atoms with Crippen LogP contribution >= 0.6 is 0 Å². The van der Waals surface area contributed by atoms with E-state index in [4.69, 9.17) is 0 Å². The van der Waals surface area contributed by atoms with Crippen LogP contribution in [0.2, 0.25) is 0 Å². The van der Waals surface area contributed by atoms with Crippen molar-refractivity contribution < 1.29 is 4.79 Å². The third-order valence-electron chi connectivity index (χ3n) is 3.92. The van der Waals surface area contributed by atoms with Gasteiger partial charge in [0.15, 0.2) is 0 Å². The van der Waals surface area contributed by atoms with Crippen LogP contribution < -0.4 is 4.90 Å². The van der Waals surface area contributed by atoms with Crippen molar-refractivity contribution in [3.8, 4) is 0 Å². The minimum absolute atomic E-state index is 0.0440. The molecule has 0 bridgehead atoms. The average Bonchev–Trinajstić information content (AvgIpc) is 2.99. The molecular formula is C14H19N5O. The van der Waals surface area contributed by atoms with Crippen LogP contribution in [-0.4, -0.2) is 32.3 Å². The lowest BCUT2D eigenvalue weighted by Gasteiger charge is -2.18. The maximum absolute atomic E-state index is 12.8. The molecule has 0 fully saturated rings. The summed E-state index contributed by atoms with van der Waals surface area (Å²) in [5, 5.41) is 4.50. The number of rotatable bonds is 2. The number of nitrogens with zero attached hydrogens (tertiary/aromatic N) is 5. The third-order valence-corrected chi connectivity index (χ3v) is 3.92. The van der Waals surface area contributed by atoms with Gasteiger partial charge in [-0.3, -0.25) is 14.4 Å². The van der Waals surface area contributed by atoms with Crippen LogP contribution in [0.15, 0.2) is 12.4 Å².